The van der Waals surface area contributed by atoms with E-state index in [-0.39, 0.29) is 23.3 Å². The molecule has 1 amide bonds. The summed E-state index contributed by atoms with van der Waals surface area (Å²) < 4.78 is 29.5. The maximum Gasteiger partial charge on any atom is 0.241 e. The van der Waals surface area contributed by atoms with Gasteiger partial charge in [0.1, 0.15) is 6.04 Å². The lowest BCUT2D eigenvalue weighted by Gasteiger charge is -2.23. The molecule has 0 aliphatic rings. The van der Waals surface area contributed by atoms with Crippen molar-refractivity contribution in [2.75, 3.05) is 6.26 Å². The number of sulfonamides is 1. The summed E-state index contributed by atoms with van der Waals surface area (Å²) in [5.74, 6) is -0.365. The van der Waals surface area contributed by atoms with Crippen molar-refractivity contribution in [2.24, 2.45) is 0 Å². The molecule has 5 nitrogen and oxygen atoms in total. The summed E-state index contributed by atoms with van der Waals surface area (Å²) in [6, 6.07) is 19.9. The lowest BCUT2D eigenvalue weighted by molar-refractivity contribution is -0.123. The molecule has 0 fully saturated rings. The van der Waals surface area contributed by atoms with Gasteiger partial charge in [0.15, 0.2) is 0 Å². The molecule has 0 saturated heterocycles. The Hall–Kier alpha value is -2.61. The molecule has 3 aromatic rings. The van der Waals surface area contributed by atoms with Gasteiger partial charge in [-0.3, -0.25) is 4.79 Å². The number of thioether (sulfide) groups is 1. The van der Waals surface area contributed by atoms with Gasteiger partial charge in [-0.15, -0.1) is 11.8 Å². The Balaban J connectivity index is 1.88. The number of hydrogen-bond acceptors (Lipinski definition) is 4. The summed E-state index contributed by atoms with van der Waals surface area (Å²) in [4.78, 5) is 14.7. The summed E-state index contributed by atoms with van der Waals surface area (Å²) in [5.41, 5.74) is 4.14. The highest BCUT2D eigenvalue weighted by atomic mass is 32.2. The second-order valence-electron chi connectivity index (χ2n) is 8.59. The molecule has 2 N–H and O–H groups in total. The molecule has 0 heterocycles. The minimum atomic E-state index is -3.93. The first kappa shape index (κ1) is 26.0. The van der Waals surface area contributed by atoms with E-state index in [4.69, 9.17) is 0 Å². The van der Waals surface area contributed by atoms with Crippen LogP contribution in [0.4, 0.5) is 0 Å². The summed E-state index contributed by atoms with van der Waals surface area (Å²) in [6.45, 7) is 7.39. The smallest absolute Gasteiger partial charge is 0.241 e. The lowest BCUT2D eigenvalue weighted by atomic mass is 10.0. The molecule has 7 heteroatoms. The first-order valence-electron chi connectivity index (χ1n) is 11.2. The first-order valence-corrected chi connectivity index (χ1v) is 13.9. The molecular weight excluding hydrogens is 464 g/mol. The molecule has 3 rings (SSSR count). The topological polar surface area (TPSA) is 75.3 Å². The van der Waals surface area contributed by atoms with Crippen molar-refractivity contribution in [1.29, 1.82) is 0 Å². The summed E-state index contributed by atoms with van der Waals surface area (Å²) in [6.07, 6.45) is 2.26. The highest BCUT2D eigenvalue weighted by Gasteiger charge is 2.29. The fraction of sp³-hybridized carbons (Fsp3) is 0.296. The van der Waals surface area contributed by atoms with Crippen LogP contribution < -0.4 is 10.0 Å². The normalized spacial score (nSPS) is 13.3. The summed E-state index contributed by atoms with van der Waals surface area (Å²) in [7, 11) is -3.93. The number of aryl methyl sites for hydroxylation is 3. The molecule has 3 aromatic carbocycles. The van der Waals surface area contributed by atoms with E-state index in [1.807, 2.05) is 86.8 Å². The van der Waals surface area contributed by atoms with E-state index in [9.17, 15) is 13.2 Å². The molecule has 180 valence electrons. The molecule has 0 saturated carbocycles. The van der Waals surface area contributed by atoms with E-state index in [1.54, 1.807) is 25.6 Å². The molecular formula is C27H32N2O3S2. The lowest BCUT2D eigenvalue weighted by Crippen LogP contribution is -2.48. The Bertz CT molecular complexity index is 1220. The van der Waals surface area contributed by atoms with Crippen LogP contribution in [0.25, 0.3) is 0 Å². The molecule has 2 atom stereocenters. The molecule has 0 spiro atoms. The molecule has 0 aromatic heterocycles. The van der Waals surface area contributed by atoms with Gasteiger partial charge in [0.2, 0.25) is 15.9 Å². The average molecular weight is 497 g/mol. The van der Waals surface area contributed by atoms with Crippen LogP contribution in [0.1, 0.15) is 40.8 Å². The predicted molar refractivity (Wildman–Crippen MR) is 140 cm³/mol. The molecule has 34 heavy (non-hydrogen) atoms. The average Bonchev–Trinajstić information content (AvgIpc) is 2.78. The monoisotopic (exact) mass is 496 g/mol. The number of rotatable bonds is 9. The zero-order valence-corrected chi connectivity index (χ0v) is 21.9. The third-order valence-electron chi connectivity index (χ3n) is 5.74. The van der Waals surface area contributed by atoms with Gasteiger partial charge in [-0.1, -0.05) is 60.2 Å². The fourth-order valence-electron chi connectivity index (χ4n) is 4.16. The van der Waals surface area contributed by atoms with Crippen molar-refractivity contribution in [2.45, 2.75) is 56.0 Å². The second kappa shape index (κ2) is 11.2. The maximum absolute atomic E-state index is 13.4. The largest absolute Gasteiger partial charge is 0.348 e. The first-order chi connectivity index (χ1) is 16.1. The standard InChI is InChI=1S/C27H32N2O3S2/c1-18-15-19(2)26(20(3)16-18)34(31,32)29-25(17-22-9-7-6-8-10-22)27(30)28-21(4)23-11-13-24(33-5)14-12-23/h6-16,21,25,29H,17H2,1-5H3,(H,28,30)/t21-,25-/m0/s1. The number of carbonyl (C=O) groups excluding carboxylic acids is 1. The number of carbonyl (C=O) groups is 1. The molecule has 0 bridgehead atoms. The van der Waals surface area contributed by atoms with Crippen LogP contribution in [-0.4, -0.2) is 26.6 Å². The van der Waals surface area contributed by atoms with Crippen molar-refractivity contribution in [1.82, 2.24) is 10.0 Å². The van der Waals surface area contributed by atoms with E-state index in [0.29, 0.717) is 11.1 Å². The minimum Gasteiger partial charge on any atom is -0.348 e. The van der Waals surface area contributed by atoms with Gasteiger partial charge in [0, 0.05) is 4.90 Å². The quantitative estimate of drug-likeness (QED) is 0.404. The van der Waals surface area contributed by atoms with Crippen LogP contribution in [0.15, 0.2) is 76.5 Å². The zero-order valence-electron chi connectivity index (χ0n) is 20.3. The molecule has 0 aliphatic carbocycles. The zero-order chi connectivity index (χ0) is 24.9. The number of hydrogen-bond donors (Lipinski definition) is 2. The number of nitrogens with one attached hydrogen (secondary N) is 2. The summed E-state index contributed by atoms with van der Waals surface area (Å²) >= 11 is 1.65. The minimum absolute atomic E-state index is 0.227. The van der Waals surface area contributed by atoms with Gasteiger partial charge in [-0.2, -0.15) is 4.72 Å². The van der Waals surface area contributed by atoms with Gasteiger partial charge in [-0.05, 0) is 74.8 Å². The van der Waals surface area contributed by atoms with Crippen molar-refractivity contribution in [3.05, 3.63) is 94.5 Å². The van der Waals surface area contributed by atoms with E-state index in [1.165, 1.54) is 0 Å². The highest BCUT2D eigenvalue weighted by Crippen LogP contribution is 2.23. The fourth-order valence-corrected chi connectivity index (χ4v) is 6.22. The Morgan fingerprint density at radius 3 is 2.09 bits per heavy atom. The summed E-state index contributed by atoms with van der Waals surface area (Å²) in [5, 5.41) is 2.99. The van der Waals surface area contributed by atoms with Crippen LogP contribution in [0.3, 0.4) is 0 Å². The van der Waals surface area contributed by atoms with E-state index >= 15 is 0 Å². The van der Waals surface area contributed by atoms with Gasteiger partial charge in [0.05, 0.1) is 10.9 Å². The number of amides is 1. The van der Waals surface area contributed by atoms with Crippen molar-refractivity contribution in [3.63, 3.8) is 0 Å². The third kappa shape index (κ3) is 6.50. The van der Waals surface area contributed by atoms with Gasteiger partial charge in [-0.25, -0.2) is 8.42 Å². The van der Waals surface area contributed by atoms with Crippen LogP contribution in [0.2, 0.25) is 0 Å². The predicted octanol–water partition coefficient (Wildman–Crippen LogP) is 5.10. The van der Waals surface area contributed by atoms with Crippen molar-refractivity contribution >= 4 is 27.7 Å². The van der Waals surface area contributed by atoms with Gasteiger partial charge >= 0.3 is 0 Å². The van der Waals surface area contributed by atoms with E-state index < -0.39 is 16.1 Å². The SMILES string of the molecule is CSc1ccc([C@H](C)NC(=O)[C@H](Cc2ccccc2)NS(=O)(=O)c2c(C)cc(C)cc2C)cc1. The molecule has 0 aliphatic heterocycles. The molecule has 0 radical (unpaired) electrons. The maximum atomic E-state index is 13.4. The van der Waals surface area contributed by atoms with Crippen molar-refractivity contribution < 1.29 is 13.2 Å². The van der Waals surface area contributed by atoms with E-state index in [0.717, 1.165) is 21.6 Å². The second-order valence-corrected chi connectivity index (χ2v) is 11.1. The Morgan fingerprint density at radius 2 is 1.53 bits per heavy atom. The van der Waals surface area contributed by atoms with Crippen molar-refractivity contribution in [3.8, 4) is 0 Å². The Labute approximate surface area is 207 Å². The van der Waals surface area contributed by atoms with Gasteiger partial charge in [0.25, 0.3) is 0 Å². The van der Waals surface area contributed by atoms with Crippen LogP contribution >= 0.6 is 11.8 Å². The van der Waals surface area contributed by atoms with Crippen LogP contribution in [-0.2, 0) is 21.2 Å². The third-order valence-corrected chi connectivity index (χ3v) is 8.26. The van der Waals surface area contributed by atoms with Crippen LogP contribution in [0, 0.1) is 20.8 Å². The number of benzene rings is 3. The Morgan fingerprint density at radius 1 is 0.941 bits per heavy atom. The van der Waals surface area contributed by atoms with Gasteiger partial charge < -0.3 is 5.32 Å². The van der Waals surface area contributed by atoms with E-state index in [2.05, 4.69) is 10.0 Å². The molecule has 0 unspecified atom stereocenters. The highest BCUT2D eigenvalue weighted by molar-refractivity contribution is 7.98. The van der Waals surface area contributed by atoms with Crippen LogP contribution in [0.5, 0.6) is 0 Å². The Kier molecular flexibility index (Phi) is 8.57.